The molecule has 0 aliphatic carbocycles. The number of ether oxygens (including phenoxy) is 2. The van der Waals surface area contributed by atoms with Gasteiger partial charge in [0.2, 0.25) is 0 Å². The van der Waals surface area contributed by atoms with E-state index in [0.717, 1.165) is 5.56 Å². The lowest BCUT2D eigenvalue weighted by Gasteiger charge is -2.31. The van der Waals surface area contributed by atoms with E-state index in [1.165, 1.54) is 6.20 Å². The highest BCUT2D eigenvalue weighted by Crippen LogP contribution is 2.32. The van der Waals surface area contributed by atoms with Gasteiger partial charge in [0, 0.05) is 60.2 Å². The Bertz CT molecular complexity index is 1210. The zero-order valence-corrected chi connectivity index (χ0v) is 22.1. The fourth-order valence-electron chi connectivity index (χ4n) is 4.25. The molecule has 1 fully saturated rings. The number of alkyl halides is 2. The average molecular weight is 551 g/mol. The molecular weight excluding hydrogens is 522 g/mol. The summed E-state index contributed by atoms with van der Waals surface area (Å²) in [5.41, 5.74) is 3.23. The van der Waals surface area contributed by atoms with Gasteiger partial charge < -0.3 is 25.4 Å². The molecule has 2 unspecified atom stereocenters. The zero-order chi connectivity index (χ0) is 26.6. The van der Waals surface area contributed by atoms with Crippen LogP contribution in [0.3, 0.4) is 0 Å². The molecule has 3 N–H and O–H groups in total. The number of halogens is 3. The van der Waals surface area contributed by atoms with E-state index < -0.39 is 12.0 Å². The van der Waals surface area contributed by atoms with Gasteiger partial charge in [-0.2, -0.15) is 0 Å². The van der Waals surface area contributed by atoms with Crippen LogP contribution in [0.5, 0.6) is 5.75 Å². The Labute approximate surface area is 225 Å². The Kier molecular flexibility index (Phi) is 8.61. The lowest BCUT2D eigenvalue weighted by atomic mass is 9.97. The minimum Gasteiger partial charge on any atom is -0.489 e. The van der Waals surface area contributed by atoms with Gasteiger partial charge in [0.15, 0.2) is 6.10 Å². The van der Waals surface area contributed by atoms with Crippen molar-refractivity contribution in [3.05, 3.63) is 64.1 Å². The van der Waals surface area contributed by atoms with E-state index in [1.54, 1.807) is 24.4 Å². The van der Waals surface area contributed by atoms with E-state index in [9.17, 15) is 13.6 Å². The standard InChI is InChI=1S/C26H29ClF2N4O3S/c1-15-11-32-24(34)22(25(37)33-19-6-3-5-18(27)16(19)2)23(15)31-12-17-7-9-30-13-20(17)36-14-21-26(28,29)8-4-10-35-21/h3,5-7,9,13,15,21,31H,4,8,10-12,14H2,1-2H3,(H,32,34)(H,33,37). The molecule has 0 saturated carbocycles. The molecule has 1 amide bonds. The van der Waals surface area contributed by atoms with Crippen LogP contribution in [0.2, 0.25) is 5.02 Å². The molecule has 1 aromatic carbocycles. The number of nitrogens with zero attached hydrogens (tertiary/aromatic N) is 1. The fraction of sp³-hybridized carbons (Fsp3) is 0.423. The van der Waals surface area contributed by atoms with Crippen molar-refractivity contribution in [3.8, 4) is 5.75 Å². The normalized spacial score (nSPS) is 21.3. The van der Waals surface area contributed by atoms with Crippen LogP contribution in [0.15, 0.2) is 47.9 Å². The number of amides is 1. The van der Waals surface area contributed by atoms with E-state index >= 15 is 0 Å². The molecule has 0 bridgehead atoms. The van der Waals surface area contributed by atoms with Crippen LogP contribution in [0.1, 0.15) is 30.9 Å². The first kappa shape index (κ1) is 27.2. The number of pyridine rings is 1. The second kappa shape index (κ2) is 11.7. The number of anilines is 1. The number of carbonyl (C=O) groups excluding carboxylic acids is 1. The third-order valence-electron chi connectivity index (χ3n) is 6.48. The summed E-state index contributed by atoms with van der Waals surface area (Å²) in [6.07, 6.45) is 1.87. The van der Waals surface area contributed by atoms with Crippen LogP contribution in [-0.4, -0.2) is 47.7 Å². The van der Waals surface area contributed by atoms with Gasteiger partial charge in [0.25, 0.3) is 11.8 Å². The van der Waals surface area contributed by atoms with Gasteiger partial charge in [-0.05, 0) is 37.1 Å². The fourth-order valence-corrected chi connectivity index (χ4v) is 4.73. The maximum Gasteiger partial charge on any atom is 0.277 e. The van der Waals surface area contributed by atoms with Crippen LogP contribution in [0.4, 0.5) is 14.5 Å². The zero-order valence-electron chi connectivity index (χ0n) is 20.6. The molecule has 1 saturated heterocycles. The molecule has 1 aromatic heterocycles. The first-order valence-electron chi connectivity index (χ1n) is 12.0. The molecule has 198 valence electrons. The van der Waals surface area contributed by atoms with E-state index in [0.29, 0.717) is 46.3 Å². The second-order valence-electron chi connectivity index (χ2n) is 9.14. The first-order chi connectivity index (χ1) is 17.7. The smallest absolute Gasteiger partial charge is 0.277 e. The van der Waals surface area contributed by atoms with Gasteiger partial charge in [-0.3, -0.25) is 9.78 Å². The predicted molar refractivity (Wildman–Crippen MR) is 142 cm³/mol. The number of aromatic nitrogens is 1. The molecule has 0 spiro atoms. The summed E-state index contributed by atoms with van der Waals surface area (Å²) in [6.45, 7) is 4.55. The molecule has 2 aliphatic rings. The summed E-state index contributed by atoms with van der Waals surface area (Å²) in [5.74, 6) is -2.91. The quantitative estimate of drug-likeness (QED) is 0.408. The summed E-state index contributed by atoms with van der Waals surface area (Å²) >= 11 is 11.9. The number of nitrogens with one attached hydrogen (secondary N) is 3. The second-order valence-corrected chi connectivity index (χ2v) is 9.95. The van der Waals surface area contributed by atoms with Gasteiger partial charge in [-0.1, -0.05) is 36.8 Å². The number of benzene rings is 1. The van der Waals surface area contributed by atoms with E-state index in [1.807, 2.05) is 19.9 Å². The van der Waals surface area contributed by atoms with Crippen LogP contribution in [-0.2, 0) is 16.1 Å². The predicted octanol–water partition coefficient (Wildman–Crippen LogP) is 4.79. The number of hydrogen-bond acceptors (Lipinski definition) is 6. The van der Waals surface area contributed by atoms with E-state index in [4.69, 9.17) is 33.3 Å². The van der Waals surface area contributed by atoms with E-state index in [-0.39, 0.29) is 43.0 Å². The van der Waals surface area contributed by atoms with E-state index in [2.05, 4.69) is 20.9 Å². The Morgan fingerprint density at radius 2 is 2.19 bits per heavy atom. The summed E-state index contributed by atoms with van der Waals surface area (Å²) < 4.78 is 39.3. The number of carbonyl (C=O) groups is 1. The van der Waals surface area contributed by atoms with Crippen molar-refractivity contribution in [2.45, 2.75) is 45.3 Å². The molecule has 7 nitrogen and oxygen atoms in total. The van der Waals surface area contributed by atoms with Gasteiger partial charge in [0.05, 0.1) is 11.8 Å². The molecule has 11 heteroatoms. The van der Waals surface area contributed by atoms with Crippen LogP contribution in [0, 0.1) is 12.8 Å². The maximum absolute atomic E-state index is 14.2. The molecule has 2 aromatic rings. The Hall–Kier alpha value is -2.82. The summed E-state index contributed by atoms with van der Waals surface area (Å²) in [6, 6.07) is 7.16. The summed E-state index contributed by atoms with van der Waals surface area (Å²) in [7, 11) is 0. The molecule has 4 rings (SSSR count). The molecule has 37 heavy (non-hydrogen) atoms. The minimum atomic E-state index is -2.94. The number of thiocarbonyl (C=S) groups is 1. The largest absolute Gasteiger partial charge is 0.489 e. The third-order valence-corrected chi connectivity index (χ3v) is 7.19. The first-order valence-corrected chi connectivity index (χ1v) is 12.8. The maximum atomic E-state index is 14.2. The van der Waals surface area contributed by atoms with Crippen molar-refractivity contribution < 1.29 is 23.0 Å². The van der Waals surface area contributed by atoms with Crippen LogP contribution in [0.25, 0.3) is 0 Å². The molecule has 2 aliphatic heterocycles. The van der Waals surface area contributed by atoms with Crippen LogP contribution >= 0.6 is 23.8 Å². The SMILES string of the molecule is Cc1c(Cl)cccc1NC(=S)C1=C(NCc2ccncc2OCC2OCCCC2(F)F)C(C)CNC1=O. The lowest BCUT2D eigenvalue weighted by Crippen LogP contribution is -2.44. The highest BCUT2D eigenvalue weighted by molar-refractivity contribution is 7.81. The van der Waals surface area contributed by atoms with Crippen LogP contribution < -0.4 is 20.7 Å². The van der Waals surface area contributed by atoms with Gasteiger partial charge in [0.1, 0.15) is 17.3 Å². The molecular formula is C26H29ClF2N4O3S. The van der Waals surface area contributed by atoms with Crippen molar-refractivity contribution in [1.29, 1.82) is 0 Å². The Morgan fingerprint density at radius 1 is 1.38 bits per heavy atom. The monoisotopic (exact) mass is 550 g/mol. The Balaban J connectivity index is 1.51. The van der Waals surface area contributed by atoms with Gasteiger partial charge in [-0.15, -0.1) is 0 Å². The molecule has 2 atom stereocenters. The van der Waals surface area contributed by atoms with Crippen molar-refractivity contribution in [3.63, 3.8) is 0 Å². The Morgan fingerprint density at radius 3 is 2.97 bits per heavy atom. The van der Waals surface area contributed by atoms with Gasteiger partial charge in [-0.25, -0.2) is 8.78 Å². The van der Waals surface area contributed by atoms with Crippen molar-refractivity contribution in [1.82, 2.24) is 15.6 Å². The summed E-state index contributed by atoms with van der Waals surface area (Å²) in [4.78, 5) is 17.2. The lowest BCUT2D eigenvalue weighted by molar-refractivity contribution is -0.180. The summed E-state index contributed by atoms with van der Waals surface area (Å²) in [5, 5.41) is 9.93. The highest BCUT2D eigenvalue weighted by Gasteiger charge is 2.43. The van der Waals surface area contributed by atoms with Gasteiger partial charge >= 0.3 is 0 Å². The van der Waals surface area contributed by atoms with Crippen molar-refractivity contribution in [2.75, 3.05) is 25.1 Å². The third kappa shape index (κ3) is 6.37. The molecule has 0 radical (unpaired) electrons. The average Bonchev–Trinajstić information content (AvgIpc) is 2.86. The minimum absolute atomic E-state index is 0.0477. The molecule has 3 heterocycles. The number of rotatable bonds is 8. The number of hydrogen-bond donors (Lipinski definition) is 3. The van der Waals surface area contributed by atoms with Crippen molar-refractivity contribution in [2.24, 2.45) is 5.92 Å². The topological polar surface area (TPSA) is 84.5 Å². The van der Waals surface area contributed by atoms with Crippen molar-refractivity contribution >= 4 is 40.4 Å². The highest BCUT2D eigenvalue weighted by atomic mass is 35.5.